The van der Waals surface area contributed by atoms with Gasteiger partial charge in [0.2, 0.25) is 0 Å². The summed E-state index contributed by atoms with van der Waals surface area (Å²) in [6.07, 6.45) is 0. The molecular formula is C47H33NO. The van der Waals surface area contributed by atoms with E-state index in [1.807, 2.05) is 0 Å². The first-order valence-corrected chi connectivity index (χ1v) is 17.0. The Morgan fingerprint density at radius 2 is 1.12 bits per heavy atom. The van der Waals surface area contributed by atoms with E-state index in [2.05, 4.69) is 183 Å². The molecule has 9 aromatic rings. The minimum absolute atomic E-state index is 0.123. The predicted octanol–water partition coefficient (Wildman–Crippen LogP) is 13.3. The van der Waals surface area contributed by atoms with Gasteiger partial charge in [0, 0.05) is 27.7 Å². The fourth-order valence-corrected chi connectivity index (χ4v) is 8.23. The third kappa shape index (κ3) is 4.14. The van der Waals surface area contributed by atoms with Gasteiger partial charge in [0.15, 0.2) is 0 Å². The van der Waals surface area contributed by atoms with Crippen molar-refractivity contribution in [1.29, 1.82) is 0 Å². The molecule has 1 aliphatic rings. The topological polar surface area (TPSA) is 16.4 Å². The molecule has 2 heteroatoms. The lowest BCUT2D eigenvalue weighted by Gasteiger charge is -2.29. The van der Waals surface area contributed by atoms with E-state index in [9.17, 15) is 0 Å². The zero-order chi connectivity index (χ0) is 32.7. The van der Waals surface area contributed by atoms with E-state index >= 15 is 0 Å². The maximum absolute atomic E-state index is 6.90. The van der Waals surface area contributed by atoms with Crippen molar-refractivity contribution in [2.75, 3.05) is 4.90 Å². The highest BCUT2D eigenvalue weighted by molar-refractivity contribution is 6.25. The molecule has 8 aromatic carbocycles. The van der Waals surface area contributed by atoms with Crippen LogP contribution >= 0.6 is 0 Å². The highest BCUT2D eigenvalue weighted by Gasteiger charge is 2.36. The van der Waals surface area contributed by atoms with Gasteiger partial charge in [-0.05, 0) is 91.8 Å². The SMILES string of the molecule is CC1(C)c2ccccc2-c2ccc(N(c3ccc4ccccc4c3)c3ccc(-c4ccccc4)c4oc5ccc6ccccc6c5c34)cc21. The number of nitrogens with zero attached hydrogens (tertiary/aromatic N) is 1. The van der Waals surface area contributed by atoms with Gasteiger partial charge in [-0.3, -0.25) is 0 Å². The molecule has 0 radical (unpaired) electrons. The van der Waals surface area contributed by atoms with Crippen LogP contribution in [-0.4, -0.2) is 0 Å². The number of hydrogen-bond donors (Lipinski definition) is 0. The quantitative estimate of drug-likeness (QED) is 0.193. The molecule has 0 aliphatic heterocycles. The molecule has 2 nitrogen and oxygen atoms in total. The fraction of sp³-hybridized carbons (Fsp3) is 0.0638. The highest BCUT2D eigenvalue weighted by atomic mass is 16.3. The first-order chi connectivity index (χ1) is 24.1. The normalized spacial score (nSPS) is 13.3. The molecule has 1 aromatic heterocycles. The van der Waals surface area contributed by atoms with Gasteiger partial charge in [0.1, 0.15) is 11.2 Å². The van der Waals surface area contributed by atoms with Gasteiger partial charge in [-0.15, -0.1) is 0 Å². The van der Waals surface area contributed by atoms with Gasteiger partial charge in [-0.2, -0.15) is 0 Å². The van der Waals surface area contributed by atoms with Crippen LogP contribution in [0.1, 0.15) is 25.0 Å². The Balaban J connectivity index is 1.31. The average Bonchev–Trinajstić information content (AvgIpc) is 3.65. The Morgan fingerprint density at radius 3 is 2.00 bits per heavy atom. The largest absolute Gasteiger partial charge is 0.455 e. The Morgan fingerprint density at radius 1 is 0.469 bits per heavy atom. The molecule has 0 spiro atoms. The summed E-state index contributed by atoms with van der Waals surface area (Å²) in [5.74, 6) is 0. The smallest absolute Gasteiger partial charge is 0.145 e. The van der Waals surface area contributed by atoms with Crippen LogP contribution in [0.15, 0.2) is 168 Å². The van der Waals surface area contributed by atoms with Crippen LogP contribution in [0.4, 0.5) is 17.1 Å². The lowest BCUT2D eigenvalue weighted by Crippen LogP contribution is -2.16. The standard InChI is InChI=1S/C47H33NO/c1-47(2)40-19-11-10-18-38(40)39-24-23-35(29-41(39)47)48(34-22-20-30-12-6-7-16-33(30)28-34)42-26-25-37(31-13-4-3-5-14-31)46-45(42)44-36-17-9-8-15-32(36)21-27-43(44)49-46/h3-29H,1-2H3. The Hall–Kier alpha value is -6.12. The Kier molecular flexibility index (Phi) is 5.95. The average molecular weight is 628 g/mol. The molecule has 232 valence electrons. The zero-order valence-corrected chi connectivity index (χ0v) is 27.4. The fourth-order valence-electron chi connectivity index (χ4n) is 8.23. The van der Waals surface area contributed by atoms with Gasteiger partial charge in [0.05, 0.1) is 11.1 Å². The van der Waals surface area contributed by atoms with E-state index in [1.54, 1.807) is 0 Å². The minimum Gasteiger partial charge on any atom is -0.455 e. The molecule has 0 atom stereocenters. The third-order valence-corrected chi connectivity index (χ3v) is 10.6. The monoisotopic (exact) mass is 627 g/mol. The van der Waals surface area contributed by atoms with Crippen molar-refractivity contribution in [2.45, 2.75) is 19.3 Å². The summed E-state index contributed by atoms with van der Waals surface area (Å²) in [6, 6.07) is 59.4. The lowest BCUT2D eigenvalue weighted by atomic mass is 9.82. The van der Waals surface area contributed by atoms with Crippen LogP contribution < -0.4 is 4.90 Å². The minimum atomic E-state index is -0.123. The highest BCUT2D eigenvalue weighted by Crippen LogP contribution is 2.52. The molecule has 49 heavy (non-hydrogen) atoms. The van der Waals surface area contributed by atoms with E-state index in [1.165, 1.54) is 43.8 Å². The lowest BCUT2D eigenvalue weighted by molar-refractivity contribution is 0.660. The molecule has 0 N–H and O–H groups in total. The van der Waals surface area contributed by atoms with Gasteiger partial charge in [-0.1, -0.05) is 135 Å². The van der Waals surface area contributed by atoms with E-state index in [4.69, 9.17) is 4.42 Å². The second-order valence-corrected chi connectivity index (χ2v) is 13.7. The third-order valence-electron chi connectivity index (χ3n) is 10.6. The number of benzene rings is 8. The van der Waals surface area contributed by atoms with Gasteiger partial charge < -0.3 is 9.32 Å². The van der Waals surface area contributed by atoms with Crippen LogP contribution in [0, 0.1) is 0 Å². The molecular weight excluding hydrogens is 595 g/mol. The number of hydrogen-bond acceptors (Lipinski definition) is 2. The van der Waals surface area contributed by atoms with E-state index in [-0.39, 0.29) is 5.41 Å². The molecule has 1 heterocycles. The van der Waals surface area contributed by atoms with Crippen LogP contribution in [0.2, 0.25) is 0 Å². The number of furan rings is 1. The van der Waals surface area contributed by atoms with Gasteiger partial charge in [0.25, 0.3) is 0 Å². The maximum Gasteiger partial charge on any atom is 0.145 e. The van der Waals surface area contributed by atoms with Crippen LogP contribution in [0.25, 0.3) is 65.7 Å². The predicted molar refractivity (Wildman–Crippen MR) is 206 cm³/mol. The molecule has 0 bridgehead atoms. The first-order valence-electron chi connectivity index (χ1n) is 17.0. The van der Waals surface area contributed by atoms with E-state index in [0.717, 1.165) is 50.1 Å². The summed E-state index contributed by atoms with van der Waals surface area (Å²) in [5, 5.41) is 7.07. The Labute approximate surface area is 285 Å². The summed E-state index contributed by atoms with van der Waals surface area (Å²) in [6.45, 7) is 4.70. The summed E-state index contributed by atoms with van der Waals surface area (Å²) in [5.41, 5.74) is 12.6. The van der Waals surface area contributed by atoms with Gasteiger partial charge >= 0.3 is 0 Å². The summed E-state index contributed by atoms with van der Waals surface area (Å²) in [4.78, 5) is 2.44. The number of rotatable bonds is 4. The molecule has 0 fully saturated rings. The van der Waals surface area contributed by atoms with Crippen molar-refractivity contribution in [1.82, 2.24) is 0 Å². The number of anilines is 3. The van der Waals surface area contributed by atoms with Crippen molar-refractivity contribution in [3.8, 4) is 22.3 Å². The molecule has 0 unspecified atom stereocenters. The van der Waals surface area contributed by atoms with E-state index in [0.29, 0.717) is 0 Å². The van der Waals surface area contributed by atoms with Gasteiger partial charge in [-0.25, -0.2) is 0 Å². The zero-order valence-electron chi connectivity index (χ0n) is 27.4. The van der Waals surface area contributed by atoms with Crippen LogP contribution in [0.5, 0.6) is 0 Å². The van der Waals surface area contributed by atoms with Crippen molar-refractivity contribution >= 4 is 60.5 Å². The van der Waals surface area contributed by atoms with Crippen molar-refractivity contribution in [2.24, 2.45) is 0 Å². The first kappa shape index (κ1) is 27.9. The summed E-state index contributed by atoms with van der Waals surface area (Å²) >= 11 is 0. The molecule has 0 amide bonds. The summed E-state index contributed by atoms with van der Waals surface area (Å²) < 4.78 is 6.90. The van der Waals surface area contributed by atoms with Crippen molar-refractivity contribution in [3.63, 3.8) is 0 Å². The number of fused-ring (bicyclic) bond motifs is 9. The van der Waals surface area contributed by atoms with Crippen molar-refractivity contribution < 1.29 is 4.42 Å². The maximum atomic E-state index is 6.90. The van der Waals surface area contributed by atoms with Crippen molar-refractivity contribution in [3.05, 3.63) is 175 Å². The molecule has 1 aliphatic carbocycles. The van der Waals surface area contributed by atoms with Crippen LogP contribution in [0.3, 0.4) is 0 Å². The Bertz CT molecular complexity index is 2750. The molecule has 0 saturated heterocycles. The molecule has 0 saturated carbocycles. The van der Waals surface area contributed by atoms with E-state index < -0.39 is 0 Å². The van der Waals surface area contributed by atoms with Crippen LogP contribution in [-0.2, 0) is 5.41 Å². The summed E-state index contributed by atoms with van der Waals surface area (Å²) in [7, 11) is 0. The second kappa shape index (κ2) is 10.4. The second-order valence-electron chi connectivity index (χ2n) is 13.7. The molecule has 10 rings (SSSR count).